The van der Waals surface area contributed by atoms with Crippen molar-refractivity contribution in [1.29, 1.82) is 0 Å². The molecule has 3 amide bonds. The first-order valence-corrected chi connectivity index (χ1v) is 10.6. The van der Waals surface area contributed by atoms with Gasteiger partial charge in [-0.15, -0.1) is 0 Å². The zero-order chi connectivity index (χ0) is 24.1. The van der Waals surface area contributed by atoms with E-state index in [9.17, 15) is 19.2 Å². The lowest BCUT2D eigenvalue weighted by Gasteiger charge is -2.24. The van der Waals surface area contributed by atoms with Crippen LogP contribution >= 0.6 is 0 Å². The molecule has 0 bridgehead atoms. The van der Waals surface area contributed by atoms with Gasteiger partial charge in [0.1, 0.15) is 11.8 Å². The molecule has 0 aliphatic carbocycles. The van der Waals surface area contributed by atoms with Crippen LogP contribution < -0.4 is 10.1 Å². The van der Waals surface area contributed by atoms with Crippen molar-refractivity contribution in [3.8, 4) is 5.75 Å². The smallest absolute Gasteiger partial charge is 0.330 e. The van der Waals surface area contributed by atoms with Gasteiger partial charge in [-0.25, -0.2) is 4.79 Å². The summed E-state index contributed by atoms with van der Waals surface area (Å²) in [5.74, 6) is -2.00. The highest BCUT2D eigenvalue weighted by molar-refractivity contribution is 6.22. The average Bonchev–Trinajstić information content (AvgIpc) is 3.11. The van der Waals surface area contributed by atoms with Crippen molar-refractivity contribution in [3.63, 3.8) is 0 Å². The largest absolute Gasteiger partial charge is 0.497 e. The third kappa shape index (κ3) is 4.80. The molecule has 1 aliphatic rings. The molecule has 3 aromatic rings. The highest BCUT2D eigenvalue weighted by Gasteiger charge is 2.43. The highest BCUT2D eigenvalue weighted by atomic mass is 16.5. The Morgan fingerprint density at radius 1 is 0.882 bits per heavy atom. The van der Waals surface area contributed by atoms with Crippen LogP contribution in [-0.4, -0.2) is 48.3 Å². The molecule has 0 saturated carbocycles. The van der Waals surface area contributed by atoms with Crippen LogP contribution in [0, 0.1) is 0 Å². The predicted octanol–water partition coefficient (Wildman–Crippen LogP) is 3.08. The Bertz CT molecular complexity index is 1210. The number of rotatable bonds is 8. The summed E-state index contributed by atoms with van der Waals surface area (Å²) in [5.41, 5.74) is 1.67. The quantitative estimate of drug-likeness (QED) is 0.411. The molecule has 0 spiro atoms. The first kappa shape index (κ1) is 22.7. The molecule has 0 unspecified atom stereocenters. The van der Waals surface area contributed by atoms with Crippen molar-refractivity contribution in [3.05, 3.63) is 95.6 Å². The van der Waals surface area contributed by atoms with Gasteiger partial charge in [-0.05, 0) is 29.8 Å². The monoisotopic (exact) mass is 458 g/mol. The van der Waals surface area contributed by atoms with Gasteiger partial charge < -0.3 is 14.8 Å². The van der Waals surface area contributed by atoms with Crippen LogP contribution in [0.2, 0.25) is 0 Å². The normalized spacial score (nSPS) is 13.3. The minimum absolute atomic E-state index is 0.0582. The van der Waals surface area contributed by atoms with Crippen LogP contribution in [0.5, 0.6) is 5.75 Å². The number of methoxy groups -OCH3 is 1. The molecule has 1 atom stereocenters. The Balaban J connectivity index is 1.50. The molecular formula is C26H22N2O6. The molecule has 1 aliphatic heterocycles. The minimum Gasteiger partial charge on any atom is -0.497 e. The maximum Gasteiger partial charge on any atom is 0.330 e. The van der Waals surface area contributed by atoms with E-state index in [2.05, 4.69) is 5.32 Å². The second-order valence-electron chi connectivity index (χ2n) is 7.62. The molecule has 8 heteroatoms. The van der Waals surface area contributed by atoms with Gasteiger partial charge in [0, 0.05) is 18.2 Å². The van der Waals surface area contributed by atoms with Gasteiger partial charge in [0.15, 0.2) is 6.61 Å². The molecule has 0 radical (unpaired) electrons. The van der Waals surface area contributed by atoms with Crippen LogP contribution in [0.15, 0.2) is 78.9 Å². The van der Waals surface area contributed by atoms with E-state index in [0.29, 0.717) is 11.4 Å². The van der Waals surface area contributed by atoms with Crippen LogP contribution in [0.1, 0.15) is 26.3 Å². The number of esters is 1. The zero-order valence-electron chi connectivity index (χ0n) is 18.4. The number of fused-ring (bicyclic) bond motifs is 1. The summed E-state index contributed by atoms with van der Waals surface area (Å²) >= 11 is 0. The van der Waals surface area contributed by atoms with Gasteiger partial charge in [-0.1, -0.05) is 48.5 Å². The van der Waals surface area contributed by atoms with Crippen LogP contribution in [0.4, 0.5) is 5.69 Å². The van der Waals surface area contributed by atoms with Crippen molar-refractivity contribution in [2.24, 2.45) is 0 Å². The van der Waals surface area contributed by atoms with Gasteiger partial charge in [-0.2, -0.15) is 0 Å². The number of nitrogens with one attached hydrogen (secondary N) is 1. The van der Waals surface area contributed by atoms with Crippen LogP contribution in [0.25, 0.3) is 0 Å². The fourth-order valence-electron chi connectivity index (χ4n) is 3.74. The van der Waals surface area contributed by atoms with E-state index < -0.39 is 36.3 Å². The maximum absolute atomic E-state index is 13.1. The lowest BCUT2D eigenvalue weighted by Crippen LogP contribution is -2.47. The van der Waals surface area contributed by atoms with Crippen LogP contribution in [-0.2, 0) is 20.7 Å². The first-order chi connectivity index (χ1) is 16.5. The number of hydrogen-bond acceptors (Lipinski definition) is 6. The topological polar surface area (TPSA) is 102 Å². The average molecular weight is 458 g/mol. The molecule has 0 saturated heterocycles. The Kier molecular flexibility index (Phi) is 6.68. The number of benzene rings is 3. The number of nitrogens with zero attached hydrogens (tertiary/aromatic N) is 1. The standard InChI is InChI=1S/C26H22N2O6/c1-33-19-11-7-10-18(15-19)27-23(29)16-34-26(32)22(14-17-8-3-2-4-9-17)28-24(30)20-12-5-6-13-21(20)25(28)31/h2-13,15,22H,14,16H2,1H3,(H,27,29)/t22-/m0/s1. The second-order valence-corrected chi connectivity index (χ2v) is 7.62. The lowest BCUT2D eigenvalue weighted by atomic mass is 10.0. The number of anilines is 1. The molecule has 1 N–H and O–H groups in total. The minimum atomic E-state index is -1.22. The molecule has 3 aromatic carbocycles. The molecule has 172 valence electrons. The highest BCUT2D eigenvalue weighted by Crippen LogP contribution is 2.26. The van der Waals surface area contributed by atoms with E-state index in [1.54, 1.807) is 72.8 Å². The molecule has 34 heavy (non-hydrogen) atoms. The summed E-state index contributed by atoms with van der Waals surface area (Å²) in [6.45, 7) is -0.579. The van der Waals surface area contributed by atoms with E-state index in [4.69, 9.17) is 9.47 Å². The summed E-state index contributed by atoms with van der Waals surface area (Å²) in [7, 11) is 1.51. The number of carbonyl (C=O) groups is 4. The Hall–Kier alpha value is -4.46. The Labute approximate surface area is 196 Å². The van der Waals surface area contributed by atoms with Gasteiger partial charge in [0.2, 0.25) is 0 Å². The summed E-state index contributed by atoms with van der Waals surface area (Å²) in [6, 6.07) is 20.9. The van der Waals surface area contributed by atoms with Crippen molar-refractivity contribution < 1.29 is 28.7 Å². The summed E-state index contributed by atoms with van der Waals surface area (Å²) in [6.07, 6.45) is 0.0582. The summed E-state index contributed by atoms with van der Waals surface area (Å²) < 4.78 is 10.4. The number of imide groups is 1. The zero-order valence-corrected chi connectivity index (χ0v) is 18.4. The van der Waals surface area contributed by atoms with E-state index >= 15 is 0 Å². The number of carbonyl (C=O) groups excluding carboxylic acids is 4. The number of amides is 3. The number of ether oxygens (including phenoxy) is 2. The first-order valence-electron chi connectivity index (χ1n) is 10.6. The van der Waals surface area contributed by atoms with E-state index in [-0.39, 0.29) is 17.5 Å². The Morgan fingerprint density at radius 2 is 1.53 bits per heavy atom. The van der Waals surface area contributed by atoms with E-state index in [1.807, 2.05) is 6.07 Å². The second kappa shape index (κ2) is 9.99. The van der Waals surface area contributed by atoms with Crippen molar-refractivity contribution in [1.82, 2.24) is 4.90 Å². The van der Waals surface area contributed by atoms with Gasteiger partial charge in [0.25, 0.3) is 17.7 Å². The number of hydrogen-bond donors (Lipinski definition) is 1. The summed E-state index contributed by atoms with van der Waals surface area (Å²) in [5, 5.41) is 2.62. The molecule has 0 aromatic heterocycles. The lowest BCUT2D eigenvalue weighted by molar-refractivity contribution is -0.151. The fourth-order valence-corrected chi connectivity index (χ4v) is 3.74. The van der Waals surface area contributed by atoms with Crippen molar-refractivity contribution in [2.75, 3.05) is 19.0 Å². The Morgan fingerprint density at radius 3 is 2.18 bits per heavy atom. The van der Waals surface area contributed by atoms with Gasteiger partial charge in [0.05, 0.1) is 18.2 Å². The predicted molar refractivity (Wildman–Crippen MR) is 123 cm³/mol. The van der Waals surface area contributed by atoms with E-state index in [1.165, 1.54) is 7.11 Å². The summed E-state index contributed by atoms with van der Waals surface area (Å²) in [4.78, 5) is 52.3. The SMILES string of the molecule is COc1cccc(NC(=O)COC(=O)[C@H](Cc2ccccc2)N2C(=O)c3ccccc3C2=O)c1. The molecule has 0 fully saturated rings. The van der Waals surface area contributed by atoms with Crippen molar-refractivity contribution >= 4 is 29.4 Å². The third-order valence-electron chi connectivity index (χ3n) is 5.38. The molecule has 1 heterocycles. The molecule has 8 nitrogen and oxygen atoms in total. The molecular weight excluding hydrogens is 436 g/mol. The fraction of sp³-hybridized carbons (Fsp3) is 0.154. The third-order valence-corrected chi connectivity index (χ3v) is 5.38. The van der Waals surface area contributed by atoms with Crippen LogP contribution in [0.3, 0.4) is 0 Å². The molecule has 4 rings (SSSR count). The maximum atomic E-state index is 13.1. The van der Waals surface area contributed by atoms with Gasteiger partial charge >= 0.3 is 5.97 Å². The van der Waals surface area contributed by atoms with Crippen molar-refractivity contribution in [2.45, 2.75) is 12.5 Å². The van der Waals surface area contributed by atoms with E-state index in [0.717, 1.165) is 10.5 Å². The van der Waals surface area contributed by atoms with Gasteiger partial charge in [-0.3, -0.25) is 19.3 Å².